The van der Waals surface area contributed by atoms with E-state index in [0.29, 0.717) is 6.42 Å². The van der Waals surface area contributed by atoms with Crippen LogP contribution in [0.25, 0.3) is 0 Å². The predicted molar refractivity (Wildman–Crippen MR) is 158 cm³/mol. The Labute approximate surface area is 247 Å². The van der Waals surface area contributed by atoms with Gasteiger partial charge in [-0.25, -0.2) is 0 Å². The Morgan fingerprint density at radius 2 is 1.41 bits per heavy atom. The second-order valence-electron chi connectivity index (χ2n) is 16.1. The Hall–Kier alpha value is -2.11. The van der Waals surface area contributed by atoms with Gasteiger partial charge in [0.2, 0.25) is 0 Å². The molecule has 0 unspecified atom stereocenters. The van der Waals surface area contributed by atoms with Crippen LogP contribution in [0.3, 0.4) is 0 Å². The summed E-state index contributed by atoms with van der Waals surface area (Å²) in [7, 11) is 1.55. The minimum atomic E-state index is -0.508. The number of fused-ring (bicyclic) bond motifs is 7. The topological polar surface area (TPSA) is 78.9 Å². The highest BCUT2D eigenvalue weighted by atomic mass is 16.6. The molecule has 0 radical (unpaired) electrons. The van der Waals surface area contributed by atoms with Gasteiger partial charge >= 0.3 is 17.9 Å². The molecule has 0 aromatic rings. The molecule has 5 rings (SSSR count). The standard InChI is InChI=1S/C35H52O6/c1-21(36)40-25-20-32(7)26(31(5,6)28(25)41-22(2)37)13-14-34(9)27(32)12-11-23-24-19-30(3,4)15-17-35(24,29(38)39-10)18-16-33(23,34)8/h11-12,24-26,28H,13-20H2,1-10H3/t24-,25+,26-,28-,32-,33+,34+,35-/m0/s1. The maximum absolute atomic E-state index is 13.5. The SMILES string of the molecule is COC(=O)[C@]12CCC(C)(C)C[C@H]1C1=CC=C3[C@@]4(C)C[C@@H](OC(C)=O)[C@H](OC(C)=O)C(C)(C)[C@@H]4CC[C@@]3(C)[C@]1(C)CC2. The molecule has 0 aromatic carbocycles. The van der Waals surface area contributed by atoms with Crippen LogP contribution in [0.1, 0.15) is 114 Å². The average molecular weight is 569 g/mol. The highest BCUT2D eigenvalue weighted by molar-refractivity contribution is 5.79. The van der Waals surface area contributed by atoms with E-state index in [-0.39, 0.29) is 56.8 Å². The molecule has 0 aliphatic heterocycles. The number of methoxy groups -OCH3 is 1. The van der Waals surface area contributed by atoms with Crippen LogP contribution in [-0.4, -0.2) is 37.2 Å². The smallest absolute Gasteiger partial charge is 0.312 e. The zero-order chi connectivity index (χ0) is 30.4. The number of carbonyl (C=O) groups is 3. The van der Waals surface area contributed by atoms with E-state index in [1.54, 1.807) is 7.11 Å². The van der Waals surface area contributed by atoms with Crippen LogP contribution in [0.4, 0.5) is 0 Å². The van der Waals surface area contributed by atoms with Gasteiger partial charge in [-0.1, -0.05) is 71.8 Å². The van der Waals surface area contributed by atoms with Crippen LogP contribution in [0.2, 0.25) is 0 Å². The Balaban J connectivity index is 1.64. The van der Waals surface area contributed by atoms with Gasteiger partial charge < -0.3 is 14.2 Å². The van der Waals surface area contributed by atoms with Gasteiger partial charge in [-0.15, -0.1) is 0 Å². The van der Waals surface area contributed by atoms with Crippen molar-refractivity contribution in [2.24, 2.45) is 44.3 Å². The minimum absolute atomic E-state index is 0.0358. The Bertz CT molecular complexity index is 1210. The highest BCUT2D eigenvalue weighted by Gasteiger charge is 2.69. The van der Waals surface area contributed by atoms with E-state index in [2.05, 4.69) is 60.6 Å². The third kappa shape index (κ3) is 4.19. The first-order chi connectivity index (χ1) is 18.9. The molecule has 0 aromatic heterocycles. The molecule has 8 atom stereocenters. The summed E-state index contributed by atoms with van der Waals surface area (Å²) in [5.74, 6) is -0.293. The van der Waals surface area contributed by atoms with Gasteiger partial charge in [0.1, 0.15) is 12.2 Å². The summed E-state index contributed by atoms with van der Waals surface area (Å²) in [5.41, 5.74) is 1.78. The summed E-state index contributed by atoms with van der Waals surface area (Å²) < 4.78 is 17.3. The summed E-state index contributed by atoms with van der Waals surface area (Å²) in [5, 5.41) is 0. The van der Waals surface area contributed by atoms with E-state index in [1.807, 2.05) is 0 Å². The maximum Gasteiger partial charge on any atom is 0.312 e. The minimum Gasteiger partial charge on any atom is -0.469 e. The molecule has 0 bridgehead atoms. The van der Waals surface area contributed by atoms with E-state index in [4.69, 9.17) is 14.2 Å². The van der Waals surface area contributed by atoms with Crippen LogP contribution in [0, 0.1) is 44.3 Å². The van der Waals surface area contributed by atoms with Crippen molar-refractivity contribution in [2.45, 2.75) is 126 Å². The van der Waals surface area contributed by atoms with E-state index in [9.17, 15) is 14.4 Å². The molecule has 5 aliphatic carbocycles. The second kappa shape index (κ2) is 9.44. The third-order valence-corrected chi connectivity index (χ3v) is 13.1. The molecule has 0 amide bonds. The van der Waals surface area contributed by atoms with Gasteiger partial charge in [0.25, 0.3) is 0 Å². The lowest BCUT2D eigenvalue weighted by Gasteiger charge is -2.69. The Morgan fingerprint density at radius 1 is 0.780 bits per heavy atom. The predicted octanol–water partition coefficient (Wildman–Crippen LogP) is 7.35. The number of allylic oxidation sites excluding steroid dienone is 4. The molecule has 0 N–H and O–H groups in total. The number of hydrogen-bond acceptors (Lipinski definition) is 6. The first-order valence-electron chi connectivity index (χ1n) is 15.7. The Morgan fingerprint density at radius 3 is 2.02 bits per heavy atom. The zero-order valence-electron chi connectivity index (χ0n) is 27.1. The van der Waals surface area contributed by atoms with Gasteiger partial charge in [0.15, 0.2) is 0 Å². The largest absolute Gasteiger partial charge is 0.469 e. The van der Waals surface area contributed by atoms with Crippen LogP contribution in [0.15, 0.2) is 23.3 Å². The first kappa shape index (κ1) is 30.4. The average Bonchev–Trinajstić information content (AvgIpc) is 2.85. The number of hydrogen-bond donors (Lipinski definition) is 0. The monoisotopic (exact) mass is 568 g/mol. The molecule has 228 valence electrons. The second-order valence-corrected chi connectivity index (χ2v) is 16.1. The lowest BCUT2D eigenvalue weighted by molar-refractivity contribution is -0.210. The summed E-state index contributed by atoms with van der Waals surface area (Å²) in [6, 6.07) is 0. The molecule has 4 saturated carbocycles. The van der Waals surface area contributed by atoms with Gasteiger partial charge in [-0.3, -0.25) is 14.4 Å². The van der Waals surface area contributed by atoms with E-state index >= 15 is 0 Å². The molecule has 0 heterocycles. The maximum atomic E-state index is 13.5. The number of ether oxygens (including phenoxy) is 3. The molecule has 6 nitrogen and oxygen atoms in total. The van der Waals surface area contributed by atoms with Crippen LogP contribution >= 0.6 is 0 Å². The number of esters is 3. The van der Waals surface area contributed by atoms with Crippen molar-refractivity contribution in [1.29, 1.82) is 0 Å². The van der Waals surface area contributed by atoms with Gasteiger partial charge in [0.05, 0.1) is 12.5 Å². The summed E-state index contributed by atoms with van der Waals surface area (Å²) in [4.78, 5) is 37.9. The van der Waals surface area contributed by atoms with E-state index in [1.165, 1.54) is 25.0 Å². The lowest BCUT2D eigenvalue weighted by atomic mass is 9.36. The fourth-order valence-corrected chi connectivity index (χ4v) is 10.9. The first-order valence-corrected chi connectivity index (χ1v) is 15.7. The van der Waals surface area contributed by atoms with Crippen molar-refractivity contribution in [3.63, 3.8) is 0 Å². The van der Waals surface area contributed by atoms with Gasteiger partial charge in [-0.2, -0.15) is 0 Å². The molecule has 0 saturated heterocycles. The number of rotatable bonds is 3. The van der Waals surface area contributed by atoms with Gasteiger partial charge in [0, 0.05) is 19.3 Å². The quantitative estimate of drug-likeness (QED) is 0.262. The van der Waals surface area contributed by atoms with Crippen LogP contribution in [0.5, 0.6) is 0 Å². The van der Waals surface area contributed by atoms with E-state index < -0.39 is 17.6 Å². The van der Waals surface area contributed by atoms with Crippen molar-refractivity contribution in [1.82, 2.24) is 0 Å². The lowest BCUT2D eigenvalue weighted by Crippen LogP contribution is -2.65. The highest BCUT2D eigenvalue weighted by Crippen LogP contribution is 2.75. The number of carbonyl (C=O) groups excluding carboxylic acids is 3. The summed E-state index contributed by atoms with van der Waals surface area (Å²) >= 11 is 0. The van der Waals surface area contributed by atoms with E-state index in [0.717, 1.165) is 44.9 Å². The van der Waals surface area contributed by atoms with Crippen LogP contribution in [-0.2, 0) is 28.6 Å². The summed E-state index contributed by atoms with van der Waals surface area (Å²) in [6.45, 7) is 19.2. The van der Waals surface area contributed by atoms with Gasteiger partial charge in [-0.05, 0) is 84.9 Å². The molecular formula is C35H52O6. The zero-order valence-corrected chi connectivity index (χ0v) is 27.1. The van der Waals surface area contributed by atoms with Crippen molar-refractivity contribution >= 4 is 17.9 Å². The van der Waals surface area contributed by atoms with Crippen LogP contribution < -0.4 is 0 Å². The fraction of sp³-hybridized carbons (Fsp3) is 0.800. The van der Waals surface area contributed by atoms with Crippen molar-refractivity contribution in [3.8, 4) is 0 Å². The molecule has 41 heavy (non-hydrogen) atoms. The molecular weight excluding hydrogens is 516 g/mol. The Kier molecular flexibility index (Phi) is 6.99. The molecule has 6 heteroatoms. The fourth-order valence-electron chi connectivity index (χ4n) is 10.9. The molecule has 0 spiro atoms. The normalized spacial score (nSPS) is 44.0. The summed E-state index contributed by atoms with van der Waals surface area (Å²) in [6.07, 6.45) is 11.1. The molecule has 5 aliphatic rings. The van der Waals surface area contributed by atoms with Crippen molar-refractivity contribution < 1.29 is 28.6 Å². The molecule has 4 fully saturated rings. The van der Waals surface area contributed by atoms with Crippen molar-refractivity contribution in [3.05, 3.63) is 23.3 Å². The van der Waals surface area contributed by atoms with Crippen molar-refractivity contribution in [2.75, 3.05) is 7.11 Å². The third-order valence-electron chi connectivity index (χ3n) is 13.1.